The van der Waals surface area contributed by atoms with Gasteiger partial charge in [0, 0.05) is 17.4 Å². The molecule has 0 atom stereocenters. The Balaban J connectivity index is 1.48. The number of benzene rings is 3. The quantitative estimate of drug-likeness (QED) is 0.419. The molecule has 0 unspecified atom stereocenters. The smallest absolute Gasteiger partial charge is 0.271 e. The van der Waals surface area contributed by atoms with Crippen LogP contribution >= 0.6 is 0 Å². The number of hydrogen-bond donors (Lipinski definition) is 1. The fourth-order valence-electron chi connectivity index (χ4n) is 3.03. The SMILES string of the molecule is COc1ccc(-n2cccc2/C=N\NC(=O)c2ccc3ccccc3c2)cc1. The number of amides is 1. The van der Waals surface area contributed by atoms with Gasteiger partial charge in [-0.25, -0.2) is 5.43 Å². The van der Waals surface area contributed by atoms with Crippen LogP contribution in [-0.2, 0) is 0 Å². The standard InChI is InChI=1S/C23H19N3O2/c1-28-22-12-10-20(11-13-22)26-14-4-7-21(26)16-24-25-23(27)19-9-8-17-5-2-3-6-18(17)15-19/h2-16H,1H3,(H,25,27)/b24-16-. The molecule has 0 aliphatic rings. The monoisotopic (exact) mass is 369 g/mol. The number of rotatable bonds is 5. The topological polar surface area (TPSA) is 55.6 Å². The predicted octanol–water partition coefficient (Wildman–Crippen LogP) is 4.40. The third kappa shape index (κ3) is 3.64. The van der Waals surface area contributed by atoms with Gasteiger partial charge in [-0.15, -0.1) is 0 Å². The summed E-state index contributed by atoms with van der Waals surface area (Å²) in [5.74, 6) is 0.554. The largest absolute Gasteiger partial charge is 0.497 e. The van der Waals surface area contributed by atoms with Crippen LogP contribution in [0.5, 0.6) is 5.75 Å². The number of hydrazone groups is 1. The van der Waals surface area contributed by atoms with Crippen LogP contribution in [0.1, 0.15) is 16.1 Å². The van der Waals surface area contributed by atoms with Crippen molar-refractivity contribution in [3.05, 3.63) is 96.3 Å². The van der Waals surface area contributed by atoms with Gasteiger partial charge in [0.15, 0.2) is 0 Å². The lowest BCUT2D eigenvalue weighted by Gasteiger charge is -2.07. The van der Waals surface area contributed by atoms with Crippen molar-refractivity contribution in [3.63, 3.8) is 0 Å². The van der Waals surface area contributed by atoms with Gasteiger partial charge >= 0.3 is 0 Å². The van der Waals surface area contributed by atoms with Gasteiger partial charge in [-0.1, -0.05) is 30.3 Å². The summed E-state index contributed by atoms with van der Waals surface area (Å²) in [5, 5.41) is 6.24. The van der Waals surface area contributed by atoms with Gasteiger partial charge in [-0.2, -0.15) is 5.10 Å². The highest BCUT2D eigenvalue weighted by Gasteiger charge is 2.06. The first kappa shape index (κ1) is 17.5. The Bertz CT molecular complexity index is 1140. The lowest BCUT2D eigenvalue weighted by atomic mass is 10.1. The summed E-state index contributed by atoms with van der Waals surface area (Å²) < 4.78 is 7.17. The Labute approximate surface area is 162 Å². The molecule has 0 aliphatic carbocycles. The summed E-state index contributed by atoms with van der Waals surface area (Å²) in [5.41, 5.74) is 5.00. The van der Waals surface area contributed by atoms with Crippen molar-refractivity contribution in [2.45, 2.75) is 0 Å². The average molecular weight is 369 g/mol. The summed E-state index contributed by atoms with van der Waals surface area (Å²) in [7, 11) is 1.64. The molecule has 0 spiro atoms. The summed E-state index contributed by atoms with van der Waals surface area (Å²) in [6.07, 6.45) is 3.57. The van der Waals surface area contributed by atoms with Crippen LogP contribution in [0, 0.1) is 0 Å². The van der Waals surface area contributed by atoms with E-state index in [-0.39, 0.29) is 5.91 Å². The van der Waals surface area contributed by atoms with Gasteiger partial charge in [-0.05, 0) is 59.3 Å². The van der Waals surface area contributed by atoms with E-state index in [1.165, 1.54) is 0 Å². The van der Waals surface area contributed by atoms with Crippen molar-refractivity contribution >= 4 is 22.9 Å². The van der Waals surface area contributed by atoms with Gasteiger partial charge < -0.3 is 9.30 Å². The Morgan fingerprint density at radius 2 is 1.75 bits per heavy atom. The van der Waals surface area contributed by atoms with Crippen LogP contribution in [0.25, 0.3) is 16.5 Å². The summed E-state index contributed by atoms with van der Waals surface area (Å²) in [6, 6.07) is 25.1. The van der Waals surface area contributed by atoms with E-state index in [0.29, 0.717) is 5.56 Å². The van der Waals surface area contributed by atoms with Crippen LogP contribution in [0.15, 0.2) is 90.2 Å². The van der Waals surface area contributed by atoms with Crippen molar-refractivity contribution in [2.75, 3.05) is 7.11 Å². The van der Waals surface area contributed by atoms with E-state index in [9.17, 15) is 4.79 Å². The third-order valence-corrected chi connectivity index (χ3v) is 4.51. The number of carbonyl (C=O) groups excluding carboxylic acids is 1. The molecular weight excluding hydrogens is 350 g/mol. The Hall–Kier alpha value is -3.86. The lowest BCUT2D eigenvalue weighted by Crippen LogP contribution is -2.17. The van der Waals surface area contributed by atoms with Crippen LogP contribution < -0.4 is 10.2 Å². The fraction of sp³-hybridized carbons (Fsp3) is 0.0435. The first-order valence-corrected chi connectivity index (χ1v) is 8.88. The number of nitrogens with zero attached hydrogens (tertiary/aromatic N) is 2. The molecule has 5 nitrogen and oxygen atoms in total. The molecule has 28 heavy (non-hydrogen) atoms. The van der Waals surface area contributed by atoms with E-state index >= 15 is 0 Å². The number of ether oxygens (including phenoxy) is 1. The molecule has 4 aromatic rings. The molecule has 0 fully saturated rings. The Morgan fingerprint density at radius 1 is 0.964 bits per heavy atom. The van der Waals surface area contributed by atoms with Gasteiger partial charge in [0.2, 0.25) is 0 Å². The number of methoxy groups -OCH3 is 1. The van der Waals surface area contributed by atoms with E-state index in [4.69, 9.17) is 4.74 Å². The molecule has 5 heteroatoms. The van der Waals surface area contributed by atoms with E-state index in [2.05, 4.69) is 10.5 Å². The lowest BCUT2D eigenvalue weighted by molar-refractivity contribution is 0.0955. The molecule has 0 bridgehead atoms. The minimum Gasteiger partial charge on any atom is -0.497 e. The van der Waals surface area contributed by atoms with E-state index in [1.807, 2.05) is 83.6 Å². The Morgan fingerprint density at radius 3 is 2.54 bits per heavy atom. The molecular formula is C23H19N3O2. The van der Waals surface area contributed by atoms with E-state index in [1.54, 1.807) is 19.4 Å². The van der Waals surface area contributed by atoms with Crippen molar-refractivity contribution in [1.29, 1.82) is 0 Å². The number of fused-ring (bicyclic) bond motifs is 1. The van der Waals surface area contributed by atoms with Crippen LogP contribution in [-0.4, -0.2) is 23.8 Å². The van der Waals surface area contributed by atoms with Crippen molar-refractivity contribution in [1.82, 2.24) is 9.99 Å². The van der Waals surface area contributed by atoms with Gasteiger partial charge in [0.25, 0.3) is 5.91 Å². The maximum absolute atomic E-state index is 12.4. The third-order valence-electron chi connectivity index (χ3n) is 4.51. The molecule has 0 radical (unpaired) electrons. The van der Waals surface area contributed by atoms with Crippen molar-refractivity contribution < 1.29 is 9.53 Å². The van der Waals surface area contributed by atoms with Gasteiger partial charge in [-0.3, -0.25) is 4.79 Å². The van der Waals surface area contributed by atoms with Crippen LogP contribution in [0.4, 0.5) is 0 Å². The Kier molecular flexibility index (Phi) is 4.89. The van der Waals surface area contributed by atoms with Gasteiger partial charge in [0.05, 0.1) is 19.0 Å². The highest BCUT2D eigenvalue weighted by Crippen LogP contribution is 2.17. The minimum atomic E-state index is -0.246. The first-order valence-electron chi connectivity index (χ1n) is 8.88. The maximum Gasteiger partial charge on any atom is 0.271 e. The average Bonchev–Trinajstić information content (AvgIpc) is 3.22. The van der Waals surface area contributed by atoms with Crippen molar-refractivity contribution in [3.8, 4) is 11.4 Å². The molecule has 1 N–H and O–H groups in total. The minimum absolute atomic E-state index is 0.246. The zero-order valence-electron chi connectivity index (χ0n) is 15.4. The molecule has 3 aromatic carbocycles. The maximum atomic E-state index is 12.4. The number of hydrogen-bond acceptors (Lipinski definition) is 3. The van der Waals surface area contributed by atoms with Crippen molar-refractivity contribution in [2.24, 2.45) is 5.10 Å². The summed E-state index contributed by atoms with van der Waals surface area (Å²) in [6.45, 7) is 0. The predicted molar refractivity (Wildman–Crippen MR) is 111 cm³/mol. The second-order valence-corrected chi connectivity index (χ2v) is 6.26. The number of aromatic nitrogens is 1. The second kappa shape index (κ2) is 7.80. The number of carbonyl (C=O) groups is 1. The van der Waals surface area contributed by atoms with Crippen LogP contribution in [0.3, 0.4) is 0 Å². The molecule has 0 aliphatic heterocycles. The summed E-state index contributed by atoms with van der Waals surface area (Å²) in [4.78, 5) is 12.4. The normalized spacial score (nSPS) is 11.0. The van der Waals surface area contributed by atoms with E-state index < -0.39 is 0 Å². The number of nitrogens with one attached hydrogen (secondary N) is 1. The zero-order valence-corrected chi connectivity index (χ0v) is 15.4. The highest BCUT2D eigenvalue weighted by molar-refractivity contribution is 5.98. The van der Waals surface area contributed by atoms with Gasteiger partial charge in [0.1, 0.15) is 5.75 Å². The highest BCUT2D eigenvalue weighted by atomic mass is 16.5. The molecule has 4 rings (SSSR count). The molecule has 138 valence electrons. The molecule has 1 amide bonds. The molecule has 0 saturated carbocycles. The zero-order chi connectivity index (χ0) is 19.3. The fourth-order valence-corrected chi connectivity index (χ4v) is 3.03. The molecule has 1 heterocycles. The second-order valence-electron chi connectivity index (χ2n) is 6.26. The molecule has 0 saturated heterocycles. The van der Waals surface area contributed by atoms with E-state index in [0.717, 1.165) is 27.9 Å². The van der Waals surface area contributed by atoms with Crippen LogP contribution in [0.2, 0.25) is 0 Å². The summed E-state index contributed by atoms with van der Waals surface area (Å²) >= 11 is 0. The molecule has 1 aromatic heterocycles. The first-order chi connectivity index (χ1) is 13.7.